The average molecular weight is 169 g/mol. The lowest BCUT2D eigenvalue weighted by Crippen LogP contribution is -2.23. The molecule has 1 atom stereocenters. The molecule has 1 rings (SSSR count). The third kappa shape index (κ3) is 2.04. The van der Waals surface area contributed by atoms with Gasteiger partial charge in [0.25, 0.3) is 0 Å². The fourth-order valence-electron chi connectivity index (χ4n) is 1.36. The van der Waals surface area contributed by atoms with E-state index in [0.717, 1.165) is 0 Å². The van der Waals surface area contributed by atoms with Gasteiger partial charge in [-0.3, -0.25) is 0 Å². The van der Waals surface area contributed by atoms with Crippen LogP contribution in [0, 0.1) is 5.92 Å². The Hall–Kier alpha value is -0.900. The molecule has 4 heteroatoms. The van der Waals surface area contributed by atoms with Crippen molar-refractivity contribution in [1.29, 1.82) is 0 Å². The van der Waals surface area contributed by atoms with Crippen LogP contribution in [0.5, 0.6) is 0 Å². The van der Waals surface area contributed by atoms with Crippen molar-refractivity contribution < 1.29 is 5.11 Å². The Labute approximate surface area is 72.0 Å². The Bertz CT molecular complexity index is 228. The molecule has 0 aliphatic heterocycles. The zero-order valence-electron chi connectivity index (χ0n) is 7.70. The van der Waals surface area contributed by atoms with Crippen molar-refractivity contribution >= 4 is 0 Å². The number of hydrogen-bond donors (Lipinski definition) is 2. The van der Waals surface area contributed by atoms with Crippen molar-refractivity contribution in [1.82, 2.24) is 15.4 Å². The van der Waals surface area contributed by atoms with E-state index in [-0.39, 0.29) is 0 Å². The van der Waals surface area contributed by atoms with E-state index < -0.39 is 5.60 Å². The first kappa shape index (κ1) is 9.19. The van der Waals surface area contributed by atoms with Gasteiger partial charge in [-0.25, -0.2) is 0 Å². The standard InChI is InChI=1S/C8H15N3O/c1-6(2)4-8(3,12)7-5-9-11-10-7/h5-6,12H,4H2,1-3H3,(H,9,10,11). The summed E-state index contributed by atoms with van der Waals surface area (Å²) in [6.45, 7) is 5.88. The number of nitrogens with one attached hydrogen (secondary N) is 1. The van der Waals surface area contributed by atoms with E-state index in [4.69, 9.17) is 0 Å². The van der Waals surface area contributed by atoms with Crippen molar-refractivity contribution in [3.63, 3.8) is 0 Å². The van der Waals surface area contributed by atoms with Gasteiger partial charge in [0.2, 0.25) is 0 Å². The average Bonchev–Trinajstić information content (AvgIpc) is 2.32. The van der Waals surface area contributed by atoms with Crippen LogP contribution in [-0.4, -0.2) is 20.5 Å². The maximum atomic E-state index is 9.92. The van der Waals surface area contributed by atoms with Crippen LogP contribution in [0.1, 0.15) is 32.9 Å². The van der Waals surface area contributed by atoms with Gasteiger partial charge in [-0.1, -0.05) is 13.8 Å². The van der Waals surface area contributed by atoms with Crippen LogP contribution < -0.4 is 0 Å². The Balaban J connectivity index is 2.72. The number of nitrogens with zero attached hydrogens (tertiary/aromatic N) is 2. The number of aromatic nitrogens is 3. The van der Waals surface area contributed by atoms with E-state index in [0.29, 0.717) is 18.0 Å². The van der Waals surface area contributed by atoms with Gasteiger partial charge in [0, 0.05) is 0 Å². The molecule has 0 aliphatic rings. The maximum absolute atomic E-state index is 9.92. The molecule has 2 N–H and O–H groups in total. The van der Waals surface area contributed by atoms with Crippen LogP contribution in [0.3, 0.4) is 0 Å². The predicted octanol–water partition coefficient (Wildman–Crippen LogP) is 1.06. The molecule has 0 spiro atoms. The summed E-state index contributed by atoms with van der Waals surface area (Å²) in [5.74, 6) is 0.441. The minimum absolute atomic E-state index is 0.441. The molecule has 0 bridgehead atoms. The molecule has 12 heavy (non-hydrogen) atoms. The zero-order chi connectivity index (χ0) is 9.19. The molecule has 4 nitrogen and oxygen atoms in total. The van der Waals surface area contributed by atoms with Crippen molar-refractivity contribution in [2.75, 3.05) is 0 Å². The SMILES string of the molecule is CC(C)CC(C)(O)c1cn[nH]n1. The Morgan fingerprint density at radius 3 is 2.75 bits per heavy atom. The van der Waals surface area contributed by atoms with Crippen LogP contribution in [0.25, 0.3) is 0 Å². The van der Waals surface area contributed by atoms with Crippen molar-refractivity contribution in [2.24, 2.45) is 5.92 Å². The van der Waals surface area contributed by atoms with E-state index in [1.807, 2.05) is 0 Å². The molecule has 0 fully saturated rings. The Kier molecular flexibility index (Phi) is 2.47. The summed E-state index contributed by atoms with van der Waals surface area (Å²) in [5.41, 5.74) is -0.252. The van der Waals surface area contributed by atoms with E-state index >= 15 is 0 Å². The molecular formula is C8H15N3O. The fourth-order valence-corrected chi connectivity index (χ4v) is 1.36. The van der Waals surface area contributed by atoms with Gasteiger partial charge in [-0.05, 0) is 19.3 Å². The molecule has 1 aromatic rings. The smallest absolute Gasteiger partial charge is 0.114 e. The number of aromatic amines is 1. The summed E-state index contributed by atoms with van der Waals surface area (Å²) in [6, 6.07) is 0. The summed E-state index contributed by atoms with van der Waals surface area (Å²) in [7, 11) is 0. The second-order valence-electron chi connectivity index (χ2n) is 3.73. The molecule has 68 valence electrons. The monoisotopic (exact) mass is 169 g/mol. The molecule has 0 saturated carbocycles. The highest BCUT2D eigenvalue weighted by Gasteiger charge is 2.26. The molecule has 0 aliphatic carbocycles. The molecule has 0 aromatic carbocycles. The van der Waals surface area contributed by atoms with E-state index in [1.54, 1.807) is 13.1 Å². The molecule has 1 unspecified atom stereocenters. The highest BCUT2D eigenvalue weighted by atomic mass is 16.3. The Morgan fingerprint density at radius 2 is 2.33 bits per heavy atom. The first-order chi connectivity index (χ1) is 5.52. The van der Waals surface area contributed by atoms with Gasteiger partial charge >= 0.3 is 0 Å². The normalized spacial score (nSPS) is 16.4. The first-order valence-corrected chi connectivity index (χ1v) is 4.11. The molecule has 0 saturated heterocycles. The van der Waals surface area contributed by atoms with Crippen molar-refractivity contribution in [3.8, 4) is 0 Å². The lowest BCUT2D eigenvalue weighted by molar-refractivity contribution is 0.0305. The van der Waals surface area contributed by atoms with E-state index in [2.05, 4.69) is 29.3 Å². The van der Waals surface area contributed by atoms with Crippen molar-refractivity contribution in [3.05, 3.63) is 11.9 Å². The van der Waals surface area contributed by atoms with Crippen LogP contribution in [0.4, 0.5) is 0 Å². The summed E-state index contributed by atoms with van der Waals surface area (Å²) in [4.78, 5) is 0. The van der Waals surface area contributed by atoms with Gasteiger partial charge in [0.15, 0.2) is 0 Å². The molecule has 1 heterocycles. The van der Waals surface area contributed by atoms with Gasteiger partial charge < -0.3 is 5.11 Å². The minimum Gasteiger partial charge on any atom is -0.384 e. The lowest BCUT2D eigenvalue weighted by Gasteiger charge is -2.22. The predicted molar refractivity (Wildman–Crippen MR) is 45.4 cm³/mol. The second-order valence-corrected chi connectivity index (χ2v) is 3.73. The van der Waals surface area contributed by atoms with Gasteiger partial charge in [0.1, 0.15) is 11.3 Å². The summed E-state index contributed by atoms with van der Waals surface area (Å²) >= 11 is 0. The third-order valence-electron chi connectivity index (χ3n) is 1.77. The van der Waals surface area contributed by atoms with Crippen LogP contribution in [0.15, 0.2) is 6.20 Å². The van der Waals surface area contributed by atoms with Crippen LogP contribution in [-0.2, 0) is 5.60 Å². The third-order valence-corrected chi connectivity index (χ3v) is 1.77. The number of rotatable bonds is 3. The number of hydrogen-bond acceptors (Lipinski definition) is 3. The first-order valence-electron chi connectivity index (χ1n) is 4.11. The molecular weight excluding hydrogens is 154 g/mol. The van der Waals surface area contributed by atoms with Gasteiger partial charge in [0.05, 0.1) is 6.20 Å². The quantitative estimate of drug-likeness (QED) is 0.711. The minimum atomic E-state index is -0.860. The number of aliphatic hydroxyl groups is 1. The fraction of sp³-hybridized carbons (Fsp3) is 0.750. The molecule has 1 aromatic heterocycles. The second kappa shape index (κ2) is 3.23. The van der Waals surface area contributed by atoms with Crippen molar-refractivity contribution in [2.45, 2.75) is 32.8 Å². The zero-order valence-corrected chi connectivity index (χ0v) is 7.70. The maximum Gasteiger partial charge on any atom is 0.114 e. The summed E-state index contributed by atoms with van der Waals surface area (Å²) < 4.78 is 0. The summed E-state index contributed by atoms with van der Waals surface area (Å²) in [6.07, 6.45) is 2.25. The molecule has 0 amide bonds. The van der Waals surface area contributed by atoms with Crippen LogP contribution >= 0.6 is 0 Å². The largest absolute Gasteiger partial charge is 0.384 e. The highest BCUT2D eigenvalue weighted by molar-refractivity contribution is 5.03. The highest BCUT2D eigenvalue weighted by Crippen LogP contribution is 2.25. The van der Waals surface area contributed by atoms with Gasteiger partial charge in [-0.15, -0.1) is 0 Å². The van der Waals surface area contributed by atoms with Crippen LogP contribution in [0.2, 0.25) is 0 Å². The van der Waals surface area contributed by atoms with Gasteiger partial charge in [-0.2, -0.15) is 15.4 Å². The lowest BCUT2D eigenvalue weighted by atomic mass is 9.92. The number of H-pyrrole nitrogens is 1. The summed E-state index contributed by atoms with van der Waals surface area (Å²) in [5, 5.41) is 19.9. The Morgan fingerprint density at radius 1 is 1.67 bits per heavy atom. The molecule has 0 radical (unpaired) electrons. The topological polar surface area (TPSA) is 61.8 Å². The van der Waals surface area contributed by atoms with E-state index in [9.17, 15) is 5.11 Å². The van der Waals surface area contributed by atoms with E-state index in [1.165, 1.54) is 0 Å².